The first kappa shape index (κ1) is 9.16. The number of ketones is 1. The molecule has 0 aliphatic heterocycles. The fourth-order valence-corrected chi connectivity index (χ4v) is 1.74. The van der Waals surface area contributed by atoms with Crippen LogP contribution in [0, 0.1) is 0 Å². The van der Waals surface area contributed by atoms with Crippen molar-refractivity contribution in [1.82, 2.24) is 5.32 Å². The van der Waals surface area contributed by atoms with Gasteiger partial charge in [0.25, 0.3) is 0 Å². The van der Waals surface area contributed by atoms with Gasteiger partial charge in [0, 0.05) is 6.42 Å². The van der Waals surface area contributed by atoms with Crippen LogP contribution in [0.5, 0.6) is 0 Å². The Morgan fingerprint density at radius 3 is 2.43 bits per heavy atom. The van der Waals surface area contributed by atoms with Gasteiger partial charge >= 0.3 is 0 Å². The van der Waals surface area contributed by atoms with Gasteiger partial charge in [-0.1, -0.05) is 36.9 Å². The van der Waals surface area contributed by atoms with Crippen LogP contribution >= 0.6 is 0 Å². The van der Waals surface area contributed by atoms with Gasteiger partial charge in [-0.3, -0.25) is 4.79 Å². The minimum atomic E-state index is -0.471. The predicted molar refractivity (Wildman–Crippen MR) is 56.9 cm³/mol. The summed E-state index contributed by atoms with van der Waals surface area (Å²) in [7, 11) is 1.80. The standard InChI is InChI=1S/C12H13NO/c1-9(10-6-4-3-5-7-10)12(13-2)8-11(12)14/h3-7,13H,1,8H2,2H3/t12-/m0/s1. The van der Waals surface area contributed by atoms with Crippen LogP contribution in [0.4, 0.5) is 0 Å². The molecular formula is C12H13NO. The molecule has 1 aliphatic carbocycles. The molecule has 2 heteroatoms. The maximum atomic E-state index is 11.3. The van der Waals surface area contributed by atoms with E-state index in [2.05, 4.69) is 11.9 Å². The molecule has 1 N–H and O–H groups in total. The van der Waals surface area contributed by atoms with E-state index in [9.17, 15) is 4.79 Å². The highest BCUT2D eigenvalue weighted by Gasteiger charge is 2.54. The van der Waals surface area contributed by atoms with Crippen LogP contribution in [-0.4, -0.2) is 18.4 Å². The molecule has 72 valence electrons. The van der Waals surface area contributed by atoms with Crippen LogP contribution in [0.1, 0.15) is 12.0 Å². The highest BCUT2D eigenvalue weighted by Crippen LogP contribution is 2.41. The van der Waals surface area contributed by atoms with Crippen molar-refractivity contribution in [2.75, 3.05) is 7.05 Å². The van der Waals surface area contributed by atoms with Gasteiger partial charge in [0.1, 0.15) is 5.54 Å². The molecule has 1 saturated carbocycles. The molecule has 0 radical (unpaired) electrons. The average molecular weight is 187 g/mol. The summed E-state index contributed by atoms with van der Waals surface area (Å²) in [5.74, 6) is 0.230. The first-order valence-corrected chi connectivity index (χ1v) is 4.68. The number of nitrogens with one attached hydrogen (secondary N) is 1. The Hall–Kier alpha value is -1.41. The van der Waals surface area contributed by atoms with Crippen LogP contribution in [-0.2, 0) is 4.79 Å². The second-order valence-corrected chi connectivity index (χ2v) is 3.60. The number of benzene rings is 1. The van der Waals surface area contributed by atoms with Gasteiger partial charge in [0.2, 0.25) is 0 Å². The molecule has 1 atom stereocenters. The second-order valence-electron chi connectivity index (χ2n) is 3.60. The van der Waals surface area contributed by atoms with Gasteiger partial charge in [-0.25, -0.2) is 0 Å². The third-order valence-corrected chi connectivity index (χ3v) is 2.84. The van der Waals surface area contributed by atoms with E-state index in [1.165, 1.54) is 0 Å². The Labute approximate surface area is 83.6 Å². The fraction of sp³-hybridized carbons (Fsp3) is 0.250. The van der Waals surface area contributed by atoms with E-state index in [1.807, 2.05) is 30.3 Å². The van der Waals surface area contributed by atoms with E-state index in [1.54, 1.807) is 7.05 Å². The molecule has 0 aromatic heterocycles. The lowest BCUT2D eigenvalue weighted by molar-refractivity contribution is -0.111. The van der Waals surface area contributed by atoms with Crippen molar-refractivity contribution < 1.29 is 4.79 Å². The van der Waals surface area contributed by atoms with Crippen molar-refractivity contribution in [2.45, 2.75) is 12.0 Å². The number of carbonyl (C=O) groups is 1. The number of carbonyl (C=O) groups excluding carboxylic acids is 1. The van der Waals surface area contributed by atoms with Gasteiger partial charge in [0.05, 0.1) is 0 Å². The molecule has 2 nitrogen and oxygen atoms in total. The maximum Gasteiger partial charge on any atom is 0.160 e. The van der Waals surface area contributed by atoms with E-state index < -0.39 is 5.54 Å². The Morgan fingerprint density at radius 1 is 1.43 bits per heavy atom. The van der Waals surface area contributed by atoms with Gasteiger partial charge in [-0.15, -0.1) is 0 Å². The van der Waals surface area contributed by atoms with Crippen LogP contribution in [0.15, 0.2) is 36.9 Å². The number of likely N-dealkylation sites (N-methyl/N-ethyl adjacent to an activating group) is 1. The summed E-state index contributed by atoms with van der Waals surface area (Å²) < 4.78 is 0. The molecule has 1 aromatic rings. The zero-order valence-electron chi connectivity index (χ0n) is 8.21. The number of Topliss-reactive ketones (excluding diaryl/α,β-unsaturated/α-hetero) is 1. The van der Waals surface area contributed by atoms with Crippen molar-refractivity contribution in [1.29, 1.82) is 0 Å². The SMILES string of the molecule is C=C(c1ccccc1)[C@@]1(NC)CC1=O. The molecule has 0 bridgehead atoms. The first-order chi connectivity index (χ1) is 6.70. The molecule has 0 saturated heterocycles. The molecule has 1 aromatic carbocycles. The number of hydrogen-bond donors (Lipinski definition) is 1. The van der Waals surface area contributed by atoms with Gasteiger partial charge in [-0.2, -0.15) is 0 Å². The third-order valence-electron chi connectivity index (χ3n) is 2.84. The quantitative estimate of drug-likeness (QED) is 0.779. The second kappa shape index (κ2) is 3.07. The lowest BCUT2D eigenvalue weighted by Gasteiger charge is -2.15. The topological polar surface area (TPSA) is 29.1 Å². The Morgan fingerprint density at radius 2 is 2.00 bits per heavy atom. The normalized spacial score (nSPS) is 24.8. The van der Waals surface area contributed by atoms with E-state index in [0.717, 1.165) is 11.1 Å². The van der Waals surface area contributed by atoms with Crippen LogP contribution in [0.25, 0.3) is 5.57 Å². The number of rotatable bonds is 3. The van der Waals surface area contributed by atoms with Crippen molar-refractivity contribution >= 4 is 11.4 Å². The summed E-state index contributed by atoms with van der Waals surface area (Å²) in [4.78, 5) is 11.3. The van der Waals surface area contributed by atoms with E-state index in [0.29, 0.717) is 6.42 Å². The Balaban J connectivity index is 2.30. The summed E-state index contributed by atoms with van der Waals surface area (Å²) in [6, 6.07) is 9.82. The molecule has 1 fully saturated rings. The molecule has 0 unspecified atom stereocenters. The Kier molecular flexibility index (Phi) is 2.01. The van der Waals surface area contributed by atoms with Crippen molar-refractivity contribution in [3.63, 3.8) is 0 Å². The van der Waals surface area contributed by atoms with Crippen LogP contribution in [0.2, 0.25) is 0 Å². The molecule has 0 heterocycles. The molecular weight excluding hydrogens is 174 g/mol. The largest absolute Gasteiger partial charge is 0.304 e. The first-order valence-electron chi connectivity index (χ1n) is 4.68. The van der Waals surface area contributed by atoms with Crippen molar-refractivity contribution in [2.24, 2.45) is 0 Å². The smallest absolute Gasteiger partial charge is 0.160 e. The molecule has 2 rings (SSSR count). The van der Waals surface area contributed by atoms with Crippen molar-refractivity contribution in [3.05, 3.63) is 42.5 Å². The fourth-order valence-electron chi connectivity index (χ4n) is 1.74. The lowest BCUT2D eigenvalue weighted by Crippen LogP contribution is -2.31. The molecule has 0 amide bonds. The van der Waals surface area contributed by atoms with Gasteiger partial charge in [-0.05, 0) is 18.2 Å². The van der Waals surface area contributed by atoms with Gasteiger partial charge < -0.3 is 5.32 Å². The zero-order valence-corrected chi connectivity index (χ0v) is 8.21. The molecule has 14 heavy (non-hydrogen) atoms. The highest BCUT2D eigenvalue weighted by atomic mass is 16.1. The lowest BCUT2D eigenvalue weighted by atomic mass is 9.98. The maximum absolute atomic E-state index is 11.3. The zero-order chi connectivity index (χ0) is 10.2. The summed E-state index contributed by atoms with van der Waals surface area (Å²) >= 11 is 0. The van der Waals surface area contributed by atoms with E-state index >= 15 is 0 Å². The number of hydrogen-bond acceptors (Lipinski definition) is 2. The predicted octanol–water partition coefficient (Wildman–Crippen LogP) is 1.63. The van der Waals surface area contributed by atoms with Crippen LogP contribution < -0.4 is 5.32 Å². The van der Waals surface area contributed by atoms with E-state index in [-0.39, 0.29) is 5.78 Å². The average Bonchev–Trinajstić information content (AvgIpc) is 2.91. The summed E-state index contributed by atoms with van der Waals surface area (Å²) in [5, 5.41) is 3.05. The minimum absolute atomic E-state index is 0.230. The monoisotopic (exact) mass is 187 g/mol. The summed E-state index contributed by atoms with van der Waals surface area (Å²) in [6.45, 7) is 4.00. The molecule has 0 spiro atoms. The summed E-state index contributed by atoms with van der Waals surface area (Å²) in [5.41, 5.74) is 1.44. The Bertz CT molecular complexity index is 383. The highest BCUT2D eigenvalue weighted by molar-refractivity contribution is 6.16. The molecule has 1 aliphatic rings. The minimum Gasteiger partial charge on any atom is -0.304 e. The summed E-state index contributed by atoms with van der Waals surface area (Å²) in [6.07, 6.45) is 0.567. The van der Waals surface area contributed by atoms with Crippen LogP contribution in [0.3, 0.4) is 0 Å². The van der Waals surface area contributed by atoms with Crippen molar-refractivity contribution in [3.8, 4) is 0 Å². The van der Waals surface area contributed by atoms with E-state index in [4.69, 9.17) is 0 Å². The van der Waals surface area contributed by atoms with Gasteiger partial charge in [0.15, 0.2) is 5.78 Å². The third kappa shape index (κ3) is 1.19.